The number of hydrogen-bond donors (Lipinski definition) is 0. The lowest BCUT2D eigenvalue weighted by atomic mass is 9.89. The molecule has 1 fully saturated rings. The molecular formula is C21H28N2O2. The molecule has 1 saturated heterocycles. The summed E-state index contributed by atoms with van der Waals surface area (Å²) in [6.07, 6.45) is 4.11. The summed E-state index contributed by atoms with van der Waals surface area (Å²) in [7, 11) is 3.52. The lowest BCUT2D eigenvalue weighted by molar-refractivity contribution is 0.204. The lowest BCUT2D eigenvalue weighted by Gasteiger charge is -2.32. The molecule has 1 aromatic carbocycles. The van der Waals surface area contributed by atoms with Crippen molar-refractivity contribution in [2.45, 2.75) is 39.2 Å². The summed E-state index contributed by atoms with van der Waals surface area (Å²) in [6.45, 7) is 7.39. The van der Waals surface area contributed by atoms with Gasteiger partial charge in [0.1, 0.15) is 5.75 Å². The first-order chi connectivity index (χ1) is 12.0. The average Bonchev–Trinajstić information content (AvgIpc) is 2.61. The number of likely N-dealkylation sites (tertiary alicyclic amines) is 1. The maximum absolute atomic E-state index is 11.9. The van der Waals surface area contributed by atoms with E-state index in [1.54, 1.807) is 24.8 Å². The Morgan fingerprint density at radius 1 is 1.12 bits per heavy atom. The van der Waals surface area contributed by atoms with Crippen LogP contribution >= 0.6 is 0 Å². The third-order valence-electron chi connectivity index (χ3n) is 5.43. The molecule has 4 heteroatoms. The molecule has 2 aromatic rings. The fraction of sp³-hybridized carbons (Fsp3) is 0.476. The second-order valence-electron chi connectivity index (χ2n) is 7.21. The molecule has 0 aliphatic carbocycles. The van der Waals surface area contributed by atoms with Gasteiger partial charge >= 0.3 is 0 Å². The third kappa shape index (κ3) is 3.96. The molecule has 25 heavy (non-hydrogen) atoms. The molecule has 1 aliphatic rings. The summed E-state index contributed by atoms with van der Waals surface area (Å²) in [5.74, 6) is 1.47. The van der Waals surface area contributed by atoms with Crippen LogP contribution in [0.4, 0.5) is 0 Å². The highest BCUT2D eigenvalue weighted by molar-refractivity contribution is 5.41. The molecule has 0 atom stereocenters. The monoisotopic (exact) mass is 340 g/mol. The van der Waals surface area contributed by atoms with E-state index in [0.717, 1.165) is 38.2 Å². The fourth-order valence-electron chi connectivity index (χ4n) is 3.72. The summed E-state index contributed by atoms with van der Waals surface area (Å²) in [6, 6.07) is 8.29. The summed E-state index contributed by atoms with van der Waals surface area (Å²) in [4.78, 5) is 14.4. The van der Waals surface area contributed by atoms with Gasteiger partial charge in [0.2, 0.25) is 0 Å². The minimum absolute atomic E-state index is 0.0873. The molecule has 0 amide bonds. The van der Waals surface area contributed by atoms with Gasteiger partial charge in [-0.15, -0.1) is 0 Å². The maximum atomic E-state index is 11.9. The highest BCUT2D eigenvalue weighted by atomic mass is 16.5. The molecule has 3 rings (SSSR count). The molecule has 1 aliphatic heterocycles. The number of methoxy groups -OCH3 is 1. The van der Waals surface area contributed by atoms with Gasteiger partial charge in [-0.2, -0.15) is 0 Å². The first-order valence-corrected chi connectivity index (χ1v) is 9.01. The van der Waals surface area contributed by atoms with E-state index >= 15 is 0 Å². The van der Waals surface area contributed by atoms with E-state index in [0.29, 0.717) is 5.92 Å². The first-order valence-electron chi connectivity index (χ1n) is 9.01. The SMILES string of the molecule is COc1cc(C)c(CN2CCC(c3ccn(C)c(=O)c3)CC2)cc1C. The summed E-state index contributed by atoms with van der Waals surface area (Å²) < 4.78 is 7.04. The Hall–Kier alpha value is -2.07. The van der Waals surface area contributed by atoms with E-state index in [1.165, 1.54) is 22.3 Å². The van der Waals surface area contributed by atoms with Crippen LogP contribution in [0.3, 0.4) is 0 Å². The van der Waals surface area contributed by atoms with E-state index in [-0.39, 0.29) is 5.56 Å². The quantitative estimate of drug-likeness (QED) is 0.856. The standard InChI is InChI=1S/C21H28N2O2/c1-15-12-20(25-4)16(2)11-19(15)14-23-9-6-17(7-10-23)18-5-8-22(3)21(24)13-18/h5,8,11-13,17H,6-7,9-10,14H2,1-4H3. The Morgan fingerprint density at radius 2 is 1.84 bits per heavy atom. The highest BCUT2D eigenvalue weighted by Crippen LogP contribution is 2.29. The molecule has 0 radical (unpaired) electrons. The minimum atomic E-state index is 0.0873. The molecule has 4 nitrogen and oxygen atoms in total. The van der Waals surface area contributed by atoms with Crippen LogP contribution in [0, 0.1) is 13.8 Å². The van der Waals surface area contributed by atoms with Gasteiger partial charge in [0, 0.05) is 25.9 Å². The van der Waals surface area contributed by atoms with Crippen molar-refractivity contribution in [1.82, 2.24) is 9.47 Å². The van der Waals surface area contributed by atoms with Crippen molar-refractivity contribution >= 4 is 0 Å². The second-order valence-corrected chi connectivity index (χ2v) is 7.21. The van der Waals surface area contributed by atoms with Crippen LogP contribution < -0.4 is 10.3 Å². The van der Waals surface area contributed by atoms with Crippen LogP contribution in [0.25, 0.3) is 0 Å². The van der Waals surface area contributed by atoms with Gasteiger partial charge in [-0.05, 0) is 80.1 Å². The van der Waals surface area contributed by atoms with Gasteiger partial charge in [0.25, 0.3) is 5.56 Å². The van der Waals surface area contributed by atoms with Gasteiger partial charge in [-0.1, -0.05) is 6.07 Å². The van der Waals surface area contributed by atoms with Crippen molar-refractivity contribution in [3.05, 3.63) is 63.1 Å². The van der Waals surface area contributed by atoms with Crippen LogP contribution in [-0.4, -0.2) is 29.7 Å². The van der Waals surface area contributed by atoms with E-state index in [2.05, 4.69) is 36.9 Å². The number of nitrogens with zero attached hydrogens (tertiary/aromatic N) is 2. The smallest absolute Gasteiger partial charge is 0.250 e. The predicted octanol–water partition coefficient (Wildman–Crippen LogP) is 3.39. The molecule has 0 spiro atoms. The molecule has 0 N–H and O–H groups in total. The summed E-state index contributed by atoms with van der Waals surface area (Å²) in [5, 5.41) is 0. The molecule has 0 saturated carbocycles. The van der Waals surface area contributed by atoms with Gasteiger partial charge in [-0.3, -0.25) is 9.69 Å². The second kappa shape index (κ2) is 7.44. The van der Waals surface area contributed by atoms with Crippen molar-refractivity contribution < 1.29 is 4.74 Å². The molecule has 134 valence electrons. The van der Waals surface area contributed by atoms with Gasteiger partial charge in [-0.25, -0.2) is 0 Å². The van der Waals surface area contributed by atoms with E-state index in [9.17, 15) is 4.79 Å². The van der Waals surface area contributed by atoms with Crippen LogP contribution in [0.2, 0.25) is 0 Å². The lowest BCUT2D eigenvalue weighted by Crippen LogP contribution is -2.33. The number of piperidine rings is 1. The Morgan fingerprint density at radius 3 is 2.48 bits per heavy atom. The Kier molecular flexibility index (Phi) is 5.28. The van der Waals surface area contributed by atoms with Crippen molar-refractivity contribution in [3.8, 4) is 5.75 Å². The van der Waals surface area contributed by atoms with Crippen LogP contribution in [0.1, 0.15) is 41.0 Å². The number of benzene rings is 1. The predicted molar refractivity (Wildman–Crippen MR) is 101 cm³/mol. The minimum Gasteiger partial charge on any atom is -0.496 e. The highest BCUT2D eigenvalue weighted by Gasteiger charge is 2.21. The van der Waals surface area contributed by atoms with Gasteiger partial charge < -0.3 is 9.30 Å². The maximum Gasteiger partial charge on any atom is 0.250 e. The zero-order chi connectivity index (χ0) is 18.0. The molecule has 0 unspecified atom stereocenters. The number of hydrogen-bond acceptors (Lipinski definition) is 3. The number of aryl methyl sites for hydroxylation is 3. The summed E-state index contributed by atoms with van der Waals surface area (Å²) >= 11 is 0. The number of rotatable bonds is 4. The molecular weight excluding hydrogens is 312 g/mol. The van der Waals surface area contributed by atoms with Crippen molar-refractivity contribution in [1.29, 1.82) is 0 Å². The average molecular weight is 340 g/mol. The third-order valence-corrected chi connectivity index (χ3v) is 5.43. The van der Waals surface area contributed by atoms with Gasteiger partial charge in [0.15, 0.2) is 0 Å². The topological polar surface area (TPSA) is 34.5 Å². The van der Waals surface area contributed by atoms with Crippen LogP contribution in [0.5, 0.6) is 5.75 Å². The normalized spacial score (nSPS) is 16.2. The first kappa shape index (κ1) is 17.7. The van der Waals surface area contributed by atoms with Crippen molar-refractivity contribution in [2.24, 2.45) is 7.05 Å². The zero-order valence-corrected chi connectivity index (χ0v) is 15.7. The van der Waals surface area contributed by atoms with E-state index < -0.39 is 0 Å². The Bertz CT molecular complexity index is 802. The van der Waals surface area contributed by atoms with Crippen molar-refractivity contribution in [2.75, 3.05) is 20.2 Å². The summed E-state index contributed by atoms with van der Waals surface area (Å²) in [5.41, 5.74) is 5.14. The molecule has 2 heterocycles. The molecule has 0 bridgehead atoms. The fourth-order valence-corrected chi connectivity index (χ4v) is 3.72. The van der Waals surface area contributed by atoms with Crippen LogP contribution in [-0.2, 0) is 13.6 Å². The zero-order valence-electron chi connectivity index (χ0n) is 15.7. The van der Waals surface area contributed by atoms with E-state index in [4.69, 9.17) is 4.74 Å². The van der Waals surface area contributed by atoms with E-state index in [1.807, 2.05) is 6.20 Å². The number of aromatic nitrogens is 1. The Labute approximate surface area is 150 Å². The van der Waals surface area contributed by atoms with Crippen molar-refractivity contribution in [3.63, 3.8) is 0 Å². The number of pyridine rings is 1. The largest absolute Gasteiger partial charge is 0.496 e. The Balaban J connectivity index is 1.64. The molecule has 1 aromatic heterocycles. The number of ether oxygens (including phenoxy) is 1. The van der Waals surface area contributed by atoms with Gasteiger partial charge in [0.05, 0.1) is 7.11 Å². The van der Waals surface area contributed by atoms with Crippen LogP contribution in [0.15, 0.2) is 35.3 Å².